The van der Waals surface area contributed by atoms with Gasteiger partial charge in [-0.15, -0.1) is 0 Å². The first-order chi connectivity index (χ1) is 11.3. The molecule has 1 fully saturated rings. The lowest BCUT2D eigenvalue weighted by Crippen LogP contribution is -2.44. The molecule has 4 atom stereocenters. The van der Waals surface area contributed by atoms with Crippen LogP contribution in [0.3, 0.4) is 0 Å². The summed E-state index contributed by atoms with van der Waals surface area (Å²) in [5.41, 5.74) is -1.21. The molecule has 0 aromatic carbocycles. The lowest BCUT2D eigenvalue weighted by atomic mass is 10.1. The van der Waals surface area contributed by atoms with Crippen LogP contribution < -0.4 is 11.2 Å². The van der Waals surface area contributed by atoms with E-state index in [1.807, 2.05) is 0 Å². The van der Waals surface area contributed by atoms with Gasteiger partial charge in [-0.2, -0.15) is 0 Å². The number of nitrogens with zero attached hydrogens (tertiary/aromatic N) is 1. The highest BCUT2D eigenvalue weighted by Crippen LogP contribution is 2.37. The van der Waals surface area contributed by atoms with Gasteiger partial charge in [-0.25, -0.2) is 4.79 Å². The number of ether oxygens (including phenoxy) is 1. The standard InChI is InChI=1S/C15H25IN2O6Si/c1-15(2,3)25(4,5)23-7-9-10(19)11(20)13(24-9)18-6-8(16)12(21)17-14(18)22/h6,9-11,13,19-20H,7H2,1-5H3,(H,17,21,22)/t9-,10-,11-,13-/m1/s1. The number of H-pyrrole nitrogens is 1. The second-order valence-corrected chi connectivity index (χ2v) is 13.7. The molecular formula is C15H25IN2O6Si. The fraction of sp³-hybridized carbons (Fsp3) is 0.733. The molecule has 1 saturated heterocycles. The maximum Gasteiger partial charge on any atom is 0.330 e. The third kappa shape index (κ3) is 4.25. The van der Waals surface area contributed by atoms with Gasteiger partial charge in [-0.3, -0.25) is 14.3 Å². The Bertz CT molecular complexity index is 741. The van der Waals surface area contributed by atoms with Crippen molar-refractivity contribution in [3.8, 4) is 0 Å². The lowest BCUT2D eigenvalue weighted by molar-refractivity contribution is -0.0532. The van der Waals surface area contributed by atoms with E-state index < -0.39 is 44.1 Å². The van der Waals surface area contributed by atoms with Crippen molar-refractivity contribution in [2.75, 3.05) is 6.61 Å². The van der Waals surface area contributed by atoms with Crippen LogP contribution in [0.5, 0.6) is 0 Å². The van der Waals surface area contributed by atoms with Crippen LogP contribution in [0, 0.1) is 3.57 Å². The van der Waals surface area contributed by atoms with Gasteiger partial charge < -0.3 is 19.4 Å². The number of aliphatic hydroxyl groups excluding tert-OH is 2. The Morgan fingerprint density at radius 1 is 1.32 bits per heavy atom. The van der Waals surface area contributed by atoms with Crippen molar-refractivity contribution in [3.63, 3.8) is 0 Å². The van der Waals surface area contributed by atoms with Crippen LogP contribution in [-0.2, 0) is 9.16 Å². The predicted octanol–water partition coefficient (Wildman–Crippen LogP) is 0.782. The lowest BCUT2D eigenvalue weighted by Gasteiger charge is -2.37. The molecule has 0 bridgehead atoms. The number of hydrogen-bond donors (Lipinski definition) is 3. The van der Waals surface area contributed by atoms with E-state index in [1.54, 1.807) is 22.6 Å². The summed E-state index contributed by atoms with van der Waals surface area (Å²) in [6.07, 6.45) is -3.02. The molecule has 0 amide bonds. The second kappa shape index (κ2) is 7.23. The minimum Gasteiger partial charge on any atom is -0.414 e. The summed E-state index contributed by atoms with van der Waals surface area (Å²) in [5.74, 6) is 0. The third-order valence-corrected chi connectivity index (χ3v) is 10.2. The molecular weight excluding hydrogens is 459 g/mol. The number of aromatic amines is 1. The number of hydrogen-bond acceptors (Lipinski definition) is 6. The number of halogens is 1. The van der Waals surface area contributed by atoms with Crippen LogP contribution in [0.2, 0.25) is 18.1 Å². The van der Waals surface area contributed by atoms with E-state index in [9.17, 15) is 19.8 Å². The SMILES string of the molecule is CC(C)(C)[Si](C)(C)OC[C@H]1O[C@@H](n2cc(I)c(=O)[nH]c2=O)[C@H](O)[C@@H]1O. The van der Waals surface area contributed by atoms with Gasteiger partial charge in [0.15, 0.2) is 14.5 Å². The molecule has 0 unspecified atom stereocenters. The molecule has 8 nitrogen and oxygen atoms in total. The minimum absolute atomic E-state index is 0.000537. The van der Waals surface area contributed by atoms with Crippen molar-refractivity contribution in [1.82, 2.24) is 9.55 Å². The van der Waals surface area contributed by atoms with Crippen molar-refractivity contribution in [2.24, 2.45) is 0 Å². The summed E-state index contributed by atoms with van der Waals surface area (Å²) in [6, 6.07) is 0. The van der Waals surface area contributed by atoms with Crippen LogP contribution in [0.25, 0.3) is 0 Å². The highest BCUT2D eigenvalue weighted by atomic mass is 127. The Morgan fingerprint density at radius 3 is 2.48 bits per heavy atom. The van der Waals surface area contributed by atoms with Crippen molar-refractivity contribution in [3.05, 3.63) is 30.6 Å². The average molecular weight is 484 g/mol. The molecule has 1 aliphatic heterocycles. The normalized spacial score (nSPS) is 27.7. The topological polar surface area (TPSA) is 114 Å². The molecule has 1 aromatic heterocycles. The molecule has 1 aliphatic rings. The molecule has 2 rings (SSSR count). The largest absolute Gasteiger partial charge is 0.414 e. The number of aromatic nitrogens is 2. The zero-order chi connectivity index (χ0) is 19.2. The molecule has 3 N–H and O–H groups in total. The Kier molecular flexibility index (Phi) is 6.01. The average Bonchev–Trinajstić information content (AvgIpc) is 2.76. The zero-order valence-corrected chi connectivity index (χ0v) is 18.1. The number of rotatable bonds is 4. The van der Waals surface area contributed by atoms with Gasteiger partial charge in [0.05, 0.1) is 10.2 Å². The molecule has 2 heterocycles. The van der Waals surface area contributed by atoms with E-state index in [0.717, 1.165) is 4.57 Å². The molecule has 0 aliphatic carbocycles. The summed E-state index contributed by atoms with van der Waals surface area (Å²) < 4.78 is 13.1. The third-order valence-electron chi connectivity index (χ3n) is 4.95. The van der Waals surface area contributed by atoms with Crippen molar-refractivity contribution in [1.29, 1.82) is 0 Å². The summed E-state index contributed by atoms with van der Waals surface area (Å²) in [7, 11) is -2.04. The molecule has 0 saturated carbocycles. The van der Waals surface area contributed by atoms with Crippen LogP contribution in [0.1, 0.15) is 27.0 Å². The van der Waals surface area contributed by atoms with Gasteiger partial charge >= 0.3 is 5.69 Å². The van der Waals surface area contributed by atoms with E-state index >= 15 is 0 Å². The monoisotopic (exact) mass is 484 g/mol. The highest BCUT2D eigenvalue weighted by molar-refractivity contribution is 14.1. The van der Waals surface area contributed by atoms with Crippen LogP contribution >= 0.6 is 22.6 Å². The van der Waals surface area contributed by atoms with Crippen molar-refractivity contribution < 1.29 is 19.4 Å². The van der Waals surface area contributed by atoms with Gasteiger partial charge in [0.2, 0.25) is 0 Å². The predicted molar refractivity (Wildman–Crippen MR) is 103 cm³/mol. The van der Waals surface area contributed by atoms with Crippen molar-refractivity contribution in [2.45, 2.75) is 63.4 Å². The molecule has 142 valence electrons. The maximum atomic E-state index is 12.0. The van der Waals surface area contributed by atoms with E-state index in [2.05, 4.69) is 38.8 Å². The first kappa shape index (κ1) is 20.8. The Morgan fingerprint density at radius 2 is 1.92 bits per heavy atom. The smallest absolute Gasteiger partial charge is 0.330 e. The van der Waals surface area contributed by atoms with Crippen LogP contribution in [0.4, 0.5) is 0 Å². The number of aliphatic hydroxyl groups is 2. The first-order valence-electron chi connectivity index (χ1n) is 8.01. The summed E-state index contributed by atoms with van der Waals surface area (Å²) in [6.45, 7) is 10.6. The van der Waals surface area contributed by atoms with E-state index in [-0.39, 0.29) is 15.2 Å². The number of nitrogens with one attached hydrogen (secondary N) is 1. The quantitative estimate of drug-likeness (QED) is 0.430. The zero-order valence-electron chi connectivity index (χ0n) is 14.9. The van der Waals surface area contributed by atoms with E-state index in [1.165, 1.54) is 6.20 Å². The van der Waals surface area contributed by atoms with Gasteiger partial charge in [0.25, 0.3) is 5.56 Å². The Balaban J connectivity index is 2.18. The minimum atomic E-state index is -2.04. The first-order valence-corrected chi connectivity index (χ1v) is 12.0. The molecule has 10 heteroatoms. The van der Waals surface area contributed by atoms with Gasteiger partial charge in [0, 0.05) is 6.20 Å². The molecule has 0 spiro atoms. The summed E-state index contributed by atoms with van der Waals surface area (Å²) in [4.78, 5) is 25.6. The van der Waals surface area contributed by atoms with Gasteiger partial charge in [-0.05, 0) is 40.7 Å². The summed E-state index contributed by atoms with van der Waals surface area (Å²) in [5, 5.41) is 20.6. The second-order valence-electron chi connectivity index (χ2n) is 7.76. The summed E-state index contributed by atoms with van der Waals surface area (Å²) >= 11 is 1.78. The maximum absolute atomic E-state index is 12.0. The fourth-order valence-electron chi connectivity index (χ4n) is 2.25. The molecule has 0 radical (unpaired) electrons. The molecule has 1 aromatic rings. The van der Waals surface area contributed by atoms with Crippen molar-refractivity contribution >= 4 is 30.9 Å². The van der Waals surface area contributed by atoms with Crippen LogP contribution in [-0.4, -0.2) is 53.0 Å². The van der Waals surface area contributed by atoms with Gasteiger partial charge in [0.1, 0.15) is 18.3 Å². The Hall–Kier alpha value is -0.533. The van der Waals surface area contributed by atoms with Crippen LogP contribution in [0.15, 0.2) is 15.8 Å². The van der Waals surface area contributed by atoms with E-state index in [0.29, 0.717) is 0 Å². The molecule has 25 heavy (non-hydrogen) atoms. The van der Waals surface area contributed by atoms with E-state index in [4.69, 9.17) is 9.16 Å². The fourth-order valence-corrected chi connectivity index (χ4v) is 3.70. The Labute approximate surface area is 160 Å². The van der Waals surface area contributed by atoms with Gasteiger partial charge in [-0.1, -0.05) is 20.8 Å². The highest BCUT2D eigenvalue weighted by Gasteiger charge is 2.46.